The third-order valence-corrected chi connectivity index (χ3v) is 8.94. The lowest BCUT2D eigenvalue weighted by atomic mass is 10.2. The number of hydrogen-bond donors (Lipinski definition) is 0. The highest BCUT2D eigenvalue weighted by Gasteiger charge is 2.42. The summed E-state index contributed by atoms with van der Waals surface area (Å²) in [7, 11) is -2.02. The van der Waals surface area contributed by atoms with Crippen LogP contribution in [0.5, 0.6) is 0 Å². The van der Waals surface area contributed by atoms with Crippen LogP contribution >= 0.6 is 0 Å². The van der Waals surface area contributed by atoms with E-state index in [0.29, 0.717) is 12.8 Å². The van der Waals surface area contributed by atoms with Gasteiger partial charge in [0.05, 0.1) is 6.04 Å². The molecule has 1 heterocycles. The second-order valence-electron chi connectivity index (χ2n) is 6.96. The summed E-state index contributed by atoms with van der Waals surface area (Å²) in [6, 6.07) is -0.180. The number of likely N-dealkylation sites (tertiary alicyclic amines) is 1. The first-order valence-corrected chi connectivity index (χ1v) is 10.1. The van der Waals surface area contributed by atoms with Crippen molar-refractivity contribution in [2.24, 2.45) is 0 Å². The van der Waals surface area contributed by atoms with Crippen molar-refractivity contribution in [2.45, 2.75) is 70.8 Å². The maximum atomic E-state index is 12.5. The Kier molecular flexibility index (Phi) is 4.97. The zero-order valence-corrected chi connectivity index (χ0v) is 14.5. The van der Waals surface area contributed by atoms with Gasteiger partial charge in [-0.05, 0) is 31.5 Å². The minimum absolute atomic E-state index is 0.0361. The topological polar surface area (TPSA) is 46.6 Å². The summed E-state index contributed by atoms with van der Waals surface area (Å²) in [5, 5.41) is 0.0361. The van der Waals surface area contributed by atoms with E-state index in [1.165, 1.54) is 4.90 Å². The van der Waals surface area contributed by atoms with Gasteiger partial charge in [0, 0.05) is 6.42 Å². The van der Waals surface area contributed by atoms with Crippen LogP contribution < -0.4 is 0 Å². The molecule has 1 fully saturated rings. The van der Waals surface area contributed by atoms with E-state index in [9.17, 15) is 9.59 Å². The molecule has 0 N–H and O–H groups in total. The van der Waals surface area contributed by atoms with Crippen molar-refractivity contribution in [1.82, 2.24) is 4.90 Å². The standard InChI is InChI=1S/C15H27NO3Si/c1-8-12-9-10-13(17)16(12)14(18)11(2)19-20(6,7)15(3,4)5/h8,11-12H,1,9-10H2,2-7H3/t11-,12+/m0/s1. The van der Waals surface area contributed by atoms with Crippen molar-refractivity contribution < 1.29 is 14.0 Å². The molecule has 1 saturated heterocycles. The summed E-state index contributed by atoms with van der Waals surface area (Å²) in [6.45, 7) is 16.0. The van der Waals surface area contributed by atoms with Crippen molar-refractivity contribution in [2.75, 3.05) is 0 Å². The lowest BCUT2D eigenvalue weighted by molar-refractivity contribution is -0.147. The molecule has 5 heteroatoms. The Morgan fingerprint density at radius 3 is 2.50 bits per heavy atom. The number of nitrogens with zero attached hydrogens (tertiary/aromatic N) is 1. The van der Waals surface area contributed by atoms with Gasteiger partial charge in [0.15, 0.2) is 8.32 Å². The molecule has 0 spiro atoms. The largest absolute Gasteiger partial charge is 0.405 e. The van der Waals surface area contributed by atoms with Crippen LogP contribution in [0.3, 0.4) is 0 Å². The zero-order chi connectivity index (χ0) is 15.7. The number of carbonyl (C=O) groups is 2. The number of imide groups is 1. The van der Waals surface area contributed by atoms with Crippen LogP contribution in [0.1, 0.15) is 40.5 Å². The fourth-order valence-corrected chi connectivity index (χ4v) is 3.42. The Morgan fingerprint density at radius 1 is 1.50 bits per heavy atom. The van der Waals surface area contributed by atoms with E-state index >= 15 is 0 Å². The maximum absolute atomic E-state index is 12.5. The Morgan fingerprint density at radius 2 is 2.05 bits per heavy atom. The van der Waals surface area contributed by atoms with E-state index in [2.05, 4.69) is 40.4 Å². The summed E-state index contributed by atoms with van der Waals surface area (Å²) in [6.07, 6.45) is 2.17. The molecule has 0 aliphatic carbocycles. The molecule has 0 unspecified atom stereocenters. The zero-order valence-electron chi connectivity index (χ0n) is 13.5. The molecule has 2 atom stereocenters. The Labute approximate surface area is 123 Å². The SMILES string of the molecule is C=C[C@@H]1CCC(=O)N1C(=O)[C@H](C)O[Si](C)(C)C(C)(C)C. The Balaban J connectivity index is 2.82. The van der Waals surface area contributed by atoms with Gasteiger partial charge in [-0.1, -0.05) is 26.8 Å². The van der Waals surface area contributed by atoms with Crippen molar-refractivity contribution >= 4 is 20.1 Å². The van der Waals surface area contributed by atoms with E-state index in [0.717, 1.165) is 0 Å². The summed E-state index contributed by atoms with van der Waals surface area (Å²) in [5.41, 5.74) is 0. The average Bonchev–Trinajstić information content (AvgIpc) is 2.67. The minimum Gasteiger partial charge on any atom is -0.405 e. The lowest BCUT2D eigenvalue weighted by Gasteiger charge is -2.38. The summed E-state index contributed by atoms with van der Waals surface area (Å²) < 4.78 is 6.08. The third-order valence-electron chi connectivity index (χ3n) is 4.39. The molecule has 0 aromatic carbocycles. The van der Waals surface area contributed by atoms with Crippen molar-refractivity contribution in [1.29, 1.82) is 0 Å². The molecule has 0 saturated carbocycles. The summed E-state index contributed by atoms with van der Waals surface area (Å²) in [5.74, 6) is -0.354. The van der Waals surface area contributed by atoms with Crippen LogP contribution in [0.25, 0.3) is 0 Å². The summed E-state index contributed by atoms with van der Waals surface area (Å²) >= 11 is 0. The second-order valence-corrected chi connectivity index (χ2v) is 11.7. The van der Waals surface area contributed by atoms with E-state index in [-0.39, 0.29) is 22.9 Å². The molecule has 1 rings (SSSR count). The molecule has 114 valence electrons. The molecule has 1 aliphatic rings. The van der Waals surface area contributed by atoms with Crippen LogP contribution in [-0.2, 0) is 14.0 Å². The number of rotatable bonds is 4. The number of carbonyl (C=O) groups excluding carboxylic acids is 2. The van der Waals surface area contributed by atoms with Crippen molar-refractivity contribution in [3.05, 3.63) is 12.7 Å². The molecule has 4 nitrogen and oxygen atoms in total. The molecule has 0 aromatic heterocycles. The number of hydrogen-bond acceptors (Lipinski definition) is 3. The lowest BCUT2D eigenvalue weighted by Crippen LogP contribution is -2.50. The first kappa shape index (κ1) is 17.1. The minimum atomic E-state index is -2.02. The monoisotopic (exact) mass is 297 g/mol. The number of amides is 2. The van der Waals surface area contributed by atoms with E-state index in [4.69, 9.17) is 4.43 Å². The molecule has 2 amide bonds. The predicted octanol–water partition coefficient (Wildman–Crippen LogP) is 3.10. The van der Waals surface area contributed by atoms with Crippen LogP contribution in [0.2, 0.25) is 18.1 Å². The fraction of sp³-hybridized carbons (Fsp3) is 0.733. The van der Waals surface area contributed by atoms with E-state index in [1.54, 1.807) is 13.0 Å². The highest BCUT2D eigenvalue weighted by atomic mass is 28.4. The quantitative estimate of drug-likeness (QED) is 0.592. The van der Waals surface area contributed by atoms with Crippen molar-refractivity contribution in [3.8, 4) is 0 Å². The molecule has 20 heavy (non-hydrogen) atoms. The van der Waals surface area contributed by atoms with Crippen LogP contribution in [0.15, 0.2) is 12.7 Å². The van der Waals surface area contributed by atoms with Crippen LogP contribution in [-0.4, -0.2) is 37.2 Å². The van der Waals surface area contributed by atoms with Gasteiger partial charge in [-0.2, -0.15) is 0 Å². The first-order chi connectivity index (χ1) is 9.01. The van der Waals surface area contributed by atoms with Gasteiger partial charge in [0.25, 0.3) is 5.91 Å². The van der Waals surface area contributed by atoms with Gasteiger partial charge in [-0.15, -0.1) is 6.58 Å². The van der Waals surface area contributed by atoms with Crippen LogP contribution in [0.4, 0.5) is 0 Å². The summed E-state index contributed by atoms with van der Waals surface area (Å²) in [4.78, 5) is 25.7. The van der Waals surface area contributed by atoms with Crippen molar-refractivity contribution in [3.63, 3.8) is 0 Å². The maximum Gasteiger partial charge on any atom is 0.257 e. The van der Waals surface area contributed by atoms with Gasteiger partial charge in [-0.3, -0.25) is 14.5 Å². The van der Waals surface area contributed by atoms with Gasteiger partial charge in [0.1, 0.15) is 6.10 Å². The Hall–Kier alpha value is -0.943. The molecule has 1 aliphatic heterocycles. The van der Waals surface area contributed by atoms with Gasteiger partial charge in [-0.25, -0.2) is 0 Å². The normalized spacial score (nSPS) is 22.0. The van der Waals surface area contributed by atoms with E-state index in [1.807, 2.05) is 0 Å². The molecule has 0 radical (unpaired) electrons. The Bertz CT molecular complexity index is 412. The average molecular weight is 297 g/mol. The second kappa shape index (κ2) is 5.82. The third kappa shape index (κ3) is 3.38. The predicted molar refractivity (Wildman–Crippen MR) is 82.8 cm³/mol. The molecule has 0 bridgehead atoms. The highest BCUT2D eigenvalue weighted by Crippen LogP contribution is 2.37. The van der Waals surface area contributed by atoms with Gasteiger partial charge < -0.3 is 4.43 Å². The first-order valence-electron chi connectivity index (χ1n) is 7.17. The van der Waals surface area contributed by atoms with Gasteiger partial charge in [0.2, 0.25) is 5.91 Å². The molecule has 0 aromatic rings. The molecular formula is C15H27NO3Si. The van der Waals surface area contributed by atoms with Gasteiger partial charge >= 0.3 is 0 Å². The van der Waals surface area contributed by atoms with E-state index < -0.39 is 14.4 Å². The van der Waals surface area contributed by atoms with Crippen LogP contribution in [0, 0.1) is 0 Å². The molecular weight excluding hydrogens is 270 g/mol. The fourth-order valence-electron chi connectivity index (χ4n) is 2.08. The highest BCUT2D eigenvalue weighted by molar-refractivity contribution is 6.74. The smallest absolute Gasteiger partial charge is 0.257 e.